The summed E-state index contributed by atoms with van der Waals surface area (Å²) < 4.78 is 37.4. The maximum absolute atomic E-state index is 12.5. The highest BCUT2D eigenvalue weighted by Gasteiger charge is 2.30. The fourth-order valence-corrected chi connectivity index (χ4v) is 1.48. The van der Waals surface area contributed by atoms with Gasteiger partial charge in [-0.1, -0.05) is 31.1 Å². The Morgan fingerprint density at radius 2 is 1.91 bits per heavy atom. The first-order chi connectivity index (χ1) is 10.2. The molecule has 1 aromatic rings. The largest absolute Gasteiger partial charge is 0.416 e. The highest BCUT2D eigenvalue weighted by Crippen LogP contribution is 2.29. The summed E-state index contributed by atoms with van der Waals surface area (Å²) in [4.78, 5) is 5.19. The molecule has 0 aromatic heterocycles. The molecule has 7 heteroatoms. The van der Waals surface area contributed by atoms with Crippen LogP contribution in [-0.4, -0.2) is 18.4 Å². The molecule has 0 radical (unpaired) electrons. The molecule has 1 aromatic carbocycles. The van der Waals surface area contributed by atoms with E-state index in [0.717, 1.165) is 12.1 Å². The van der Waals surface area contributed by atoms with Gasteiger partial charge in [0.1, 0.15) is 5.76 Å². The Morgan fingerprint density at radius 3 is 2.36 bits per heavy atom. The first-order valence-corrected chi connectivity index (χ1v) is 6.80. The van der Waals surface area contributed by atoms with Gasteiger partial charge in [0, 0.05) is 11.6 Å². The van der Waals surface area contributed by atoms with Crippen LogP contribution in [0, 0.1) is 0 Å². The minimum atomic E-state index is -4.37. The Hall–Kier alpha value is -2.02. The first kappa shape index (κ1) is 18.0. The lowest BCUT2D eigenvalue weighted by molar-refractivity contribution is -0.137. The number of halogens is 3. The van der Waals surface area contributed by atoms with E-state index >= 15 is 0 Å². The van der Waals surface area contributed by atoms with Crippen LogP contribution < -0.4 is 11.1 Å². The summed E-state index contributed by atoms with van der Waals surface area (Å²) in [6, 6.07) is 4.71. The number of amidine groups is 1. The molecule has 22 heavy (non-hydrogen) atoms. The van der Waals surface area contributed by atoms with Gasteiger partial charge in [-0.15, -0.1) is 0 Å². The zero-order valence-electron chi connectivity index (χ0n) is 12.7. The second-order valence-corrected chi connectivity index (χ2v) is 4.93. The average molecular weight is 315 g/mol. The summed E-state index contributed by atoms with van der Waals surface area (Å²) in [6.45, 7) is 6.26. The van der Waals surface area contributed by atoms with Crippen molar-refractivity contribution in [2.45, 2.75) is 33.0 Å². The van der Waals surface area contributed by atoms with Crippen molar-refractivity contribution in [1.29, 1.82) is 0 Å². The molecule has 0 aliphatic rings. The molecule has 1 rings (SSSR count). The third-order valence-electron chi connectivity index (χ3n) is 2.78. The number of allylic oxidation sites excluding steroid dienone is 1. The van der Waals surface area contributed by atoms with E-state index in [1.807, 2.05) is 13.8 Å². The number of oxime groups is 1. The summed E-state index contributed by atoms with van der Waals surface area (Å²) in [5.74, 6) is 0.584. The topological polar surface area (TPSA) is 59.6 Å². The van der Waals surface area contributed by atoms with Crippen molar-refractivity contribution in [3.8, 4) is 0 Å². The molecular weight excluding hydrogens is 295 g/mol. The van der Waals surface area contributed by atoms with Crippen LogP contribution in [0.5, 0.6) is 0 Å². The van der Waals surface area contributed by atoms with Crippen molar-refractivity contribution in [1.82, 2.24) is 5.32 Å². The maximum Gasteiger partial charge on any atom is 0.416 e. The minimum absolute atomic E-state index is 0.0117. The minimum Gasteiger partial charge on any atom is -0.380 e. The lowest BCUT2D eigenvalue weighted by atomic mass is 10.1. The van der Waals surface area contributed by atoms with Crippen LogP contribution in [0.2, 0.25) is 0 Å². The van der Waals surface area contributed by atoms with Gasteiger partial charge in [0.2, 0.25) is 0 Å². The van der Waals surface area contributed by atoms with Gasteiger partial charge in [-0.3, -0.25) is 0 Å². The van der Waals surface area contributed by atoms with E-state index in [0.29, 0.717) is 17.9 Å². The van der Waals surface area contributed by atoms with Crippen molar-refractivity contribution >= 4 is 5.84 Å². The van der Waals surface area contributed by atoms with E-state index in [1.54, 1.807) is 13.0 Å². The van der Waals surface area contributed by atoms with Crippen molar-refractivity contribution < 1.29 is 18.0 Å². The molecule has 0 fully saturated rings. The molecule has 0 aliphatic carbocycles. The monoisotopic (exact) mass is 315 g/mol. The summed E-state index contributed by atoms with van der Waals surface area (Å²) in [5.41, 5.74) is 5.33. The molecule has 0 atom stereocenters. The van der Waals surface area contributed by atoms with Crippen molar-refractivity contribution in [2.75, 3.05) is 6.54 Å². The van der Waals surface area contributed by atoms with E-state index in [2.05, 4.69) is 10.5 Å². The van der Waals surface area contributed by atoms with Gasteiger partial charge in [0.05, 0.1) is 12.1 Å². The van der Waals surface area contributed by atoms with Crippen LogP contribution in [0.1, 0.15) is 31.9 Å². The Morgan fingerprint density at radius 1 is 1.32 bits per heavy atom. The second kappa shape index (κ2) is 7.84. The fraction of sp³-hybridized carbons (Fsp3) is 0.400. The normalized spacial score (nSPS) is 13.6. The first-order valence-electron chi connectivity index (χ1n) is 6.80. The van der Waals surface area contributed by atoms with Crippen LogP contribution in [0.4, 0.5) is 13.2 Å². The van der Waals surface area contributed by atoms with Gasteiger partial charge in [0.15, 0.2) is 5.84 Å². The van der Waals surface area contributed by atoms with Gasteiger partial charge >= 0.3 is 6.18 Å². The Balaban J connectivity index is 2.72. The number of benzene rings is 1. The number of hydrogen-bond donors (Lipinski definition) is 2. The molecule has 0 saturated heterocycles. The van der Waals surface area contributed by atoms with Crippen molar-refractivity contribution in [3.05, 3.63) is 47.2 Å². The van der Waals surface area contributed by atoms with Gasteiger partial charge < -0.3 is 15.9 Å². The lowest BCUT2D eigenvalue weighted by Gasteiger charge is -2.10. The number of rotatable bonds is 6. The third kappa shape index (κ3) is 5.77. The molecule has 3 N–H and O–H groups in total. The molecule has 0 bridgehead atoms. The lowest BCUT2D eigenvalue weighted by Crippen LogP contribution is -2.25. The molecule has 122 valence electrons. The average Bonchev–Trinajstić information content (AvgIpc) is 2.46. The Bertz CT molecular complexity index is 534. The molecule has 4 nitrogen and oxygen atoms in total. The molecule has 0 amide bonds. The second-order valence-electron chi connectivity index (χ2n) is 4.93. The SMILES string of the molecule is C/C=C(/CNC(C)C)O/N=C(\N)c1ccc(C(F)(F)F)cc1. The van der Waals surface area contributed by atoms with Crippen LogP contribution in [0.25, 0.3) is 0 Å². The summed E-state index contributed by atoms with van der Waals surface area (Å²) in [7, 11) is 0. The number of alkyl halides is 3. The summed E-state index contributed by atoms with van der Waals surface area (Å²) in [5, 5.41) is 6.90. The third-order valence-corrected chi connectivity index (χ3v) is 2.78. The Kier molecular flexibility index (Phi) is 6.42. The summed E-state index contributed by atoms with van der Waals surface area (Å²) in [6.07, 6.45) is -2.64. The van der Waals surface area contributed by atoms with Gasteiger partial charge in [-0.25, -0.2) is 0 Å². The number of nitrogens with zero attached hydrogens (tertiary/aromatic N) is 1. The van der Waals surface area contributed by atoms with E-state index in [1.165, 1.54) is 12.1 Å². The standard InChI is InChI=1S/C15H20F3N3O/c1-4-13(9-20-10(2)3)22-21-14(19)11-5-7-12(8-6-11)15(16,17)18/h4-8,10,20H,9H2,1-3H3,(H2,19,21)/b13-4-. The van der Waals surface area contributed by atoms with E-state index in [9.17, 15) is 13.2 Å². The molecule has 0 unspecified atom stereocenters. The molecule has 0 spiro atoms. The molecular formula is C15H20F3N3O. The van der Waals surface area contributed by atoms with E-state index in [-0.39, 0.29) is 11.9 Å². The number of nitrogens with one attached hydrogen (secondary N) is 1. The van der Waals surface area contributed by atoms with E-state index in [4.69, 9.17) is 10.6 Å². The number of nitrogens with two attached hydrogens (primary N) is 1. The van der Waals surface area contributed by atoms with E-state index < -0.39 is 11.7 Å². The highest BCUT2D eigenvalue weighted by molar-refractivity contribution is 5.97. The van der Waals surface area contributed by atoms with Gasteiger partial charge in [-0.05, 0) is 25.1 Å². The van der Waals surface area contributed by atoms with Gasteiger partial charge in [-0.2, -0.15) is 13.2 Å². The summed E-state index contributed by atoms with van der Waals surface area (Å²) >= 11 is 0. The molecule has 0 heterocycles. The predicted molar refractivity (Wildman–Crippen MR) is 80.1 cm³/mol. The molecule has 0 aliphatic heterocycles. The zero-order valence-corrected chi connectivity index (χ0v) is 12.7. The highest BCUT2D eigenvalue weighted by atomic mass is 19.4. The smallest absolute Gasteiger partial charge is 0.380 e. The Labute approximate surface area is 127 Å². The quantitative estimate of drug-likeness (QED) is 0.367. The van der Waals surface area contributed by atoms with Crippen molar-refractivity contribution in [2.24, 2.45) is 10.9 Å². The van der Waals surface area contributed by atoms with Crippen molar-refractivity contribution in [3.63, 3.8) is 0 Å². The maximum atomic E-state index is 12.5. The van der Waals surface area contributed by atoms with Gasteiger partial charge in [0.25, 0.3) is 0 Å². The predicted octanol–water partition coefficient (Wildman–Crippen LogP) is 3.24. The fourth-order valence-electron chi connectivity index (χ4n) is 1.48. The zero-order chi connectivity index (χ0) is 16.8. The molecule has 0 saturated carbocycles. The number of hydrogen-bond acceptors (Lipinski definition) is 3. The van der Waals surface area contributed by atoms with Crippen LogP contribution >= 0.6 is 0 Å². The van der Waals surface area contributed by atoms with Crippen LogP contribution in [-0.2, 0) is 11.0 Å². The van der Waals surface area contributed by atoms with Crippen LogP contribution in [0.15, 0.2) is 41.3 Å². The van der Waals surface area contributed by atoms with Crippen LogP contribution in [0.3, 0.4) is 0 Å².